The monoisotopic (exact) mass is 215 g/mol. The summed E-state index contributed by atoms with van der Waals surface area (Å²) in [5, 5.41) is 0. The van der Waals surface area contributed by atoms with E-state index < -0.39 is 15.0 Å². The van der Waals surface area contributed by atoms with E-state index in [-0.39, 0.29) is 11.3 Å². The summed E-state index contributed by atoms with van der Waals surface area (Å²) in [5.41, 5.74) is 0.111. The Morgan fingerprint density at radius 2 is 2.07 bits per heavy atom. The zero-order valence-corrected chi connectivity index (χ0v) is 8.08. The maximum atomic E-state index is 10.7. The second-order valence-corrected chi connectivity index (χ2v) is 3.83. The minimum atomic E-state index is -4.61. The van der Waals surface area contributed by atoms with Crippen molar-refractivity contribution in [3.8, 4) is 5.75 Å². The average molecular weight is 215 g/mol. The highest BCUT2D eigenvalue weighted by molar-refractivity contribution is 7.85. The van der Waals surface area contributed by atoms with Crippen LogP contribution in [0.3, 0.4) is 0 Å². The van der Waals surface area contributed by atoms with Gasteiger partial charge in [-0.1, -0.05) is 0 Å². The number of aldehydes is 1. The molecule has 76 valence electrons. The first-order valence-corrected chi connectivity index (χ1v) is 4.99. The number of carbonyl (C=O) groups excluding carboxylic acids is 1. The van der Waals surface area contributed by atoms with Gasteiger partial charge < -0.3 is 9.29 Å². The van der Waals surface area contributed by atoms with Crippen LogP contribution in [0.4, 0.5) is 0 Å². The van der Waals surface area contributed by atoms with Crippen LogP contribution in [0.25, 0.3) is 0 Å². The third-order valence-electron chi connectivity index (χ3n) is 1.59. The number of benzene rings is 1. The molecule has 6 heteroatoms. The Morgan fingerprint density at radius 3 is 2.50 bits per heavy atom. The van der Waals surface area contributed by atoms with Crippen molar-refractivity contribution in [3.05, 3.63) is 23.8 Å². The van der Waals surface area contributed by atoms with Gasteiger partial charge >= 0.3 is 0 Å². The predicted octanol–water partition coefficient (Wildman–Crippen LogP) is 0.412. The normalized spacial score (nSPS) is 11.0. The van der Waals surface area contributed by atoms with Crippen molar-refractivity contribution in [2.24, 2.45) is 0 Å². The summed E-state index contributed by atoms with van der Waals surface area (Å²) in [6.07, 6.45) is 0.453. The van der Waals surface area contributed by atoms with Gasteiger partial charge in [0, 0.05) is 5.56 Å². The van der Waals surface area contributed by atoms with Crippen LogP contribution in [-0.2, 0) is 10.1 Å². The van der Waals surface area contributed by atoms with Crippen LogP contribution in [0.15, 0.2) is 23.1 Å². The molecule has 0 aliphatic heterocycles. The van der Waals surface area contributed by atoms with Gasteiger partial charge in [-0.15, -0.1) is 0 Å². The number of hydrogen-bond donors (Lipinski definition) is 0. The zero-order chi connectivity index (χ0) is 10.8. The summed E-state index contributed by atoms with van der Waals surface area (Å²) in [7, 11) is -3.37. The molecule has 1 rings (SSSR count). The van der Waals surface area contributed by atoms with Crippen molar-refractivity contribution in [2.75, 3.05) is 7.11 Å². The molecule has 0 heterocycles. The van der Waals surface area contributed by atoms with Crippen LogP contribution in [0, 0.1) is 0 Å². The SMILES string of the molecule is COc1ccc(C=O)cc1S(=O)(=O)[O-]. The highest BCUT2D eigenvalue weighted by Crippen LogP contribution is 2.23. The molecule has 14 heavy (non-hydrogen) atoms. The summed E-state index contributed by atoms with van der Waals surface area (Å²) in [5.74, 6) is -0.0643. The quantitative estimate of drug-likeness (QED) is 0.538. The number of hydrogen-bond acceptors (Lipinski definition) is 5. The van der Waals surface area contributed by atoms with Crippen molar-refractivity contribution < 1.29 is 22.5 Å². The van der Waals surface area contributed by atoms with Crippen LogP contribution in [-0.4, -0.2) is 26.4 Å². The second-order valence-electron chi connectivity index (χ2n) is 2.48. The lowest BCUT2D eigenvalue weighted by atomic mass is 10.2. The van der Waals surface area contributed by atoms with E-state index >= 15 is 0 Å². The Hall–Kier alpha value is -1.40. The number of rotatable bonds is 3. The lowest BCUT2D eigenvalue weighted by molar-refractivity contribution is 0.112. The van der Waals surface area contributed by atoms with Crippen molar-refractivity contribution in [1.29, 1.82) is 0 Å². The molecule has 0 aromatic heterocycles. The first-order valence-electron chi connectivity index (χ1n) is 3.58. The minimum absolute atomic E-state index is 0.0643. The molecule has 1 aromatic carbocycles. The summed E-state index contributed by atoms with van der Waals surface area (Å²) < 4.78 is 36.9. The number of carbonyl (C=O) groups is 1. The fraction of sp³-hybridized carbons (Fsp3) is 0.125. The molecule has 0 radical (unpaired) electrons. The van der Waals surface area contributed by atoms with E-state index in [0.29, 0.717) is 6.29 Å². The van der Waals surface area contributed by atoms with Crippen LogP contribution < -0.4 is 4.74 Å². The first-order chi connectivity index (χ1) is 6.49. The molecule has 0 aliphatic carbocycles. The molecule has 0 aliphatic rings. The Bertz CT molecular complexity index is 449. The first kappa shape index (κ1) is 10.7. The van der Waals surface area contributed by atoms with Gasteiger partial charge in [-0.3, -0.25) is 4.79 Å². The molecular weight excluding hydrogens is 208 g/mol. The highest BCUT2D eigenvalue weighted by atomic mass is 32.2. The minimum Gasteiger partial charge on any atom is -0.744 e. The molecule has 5 nitrogen and oxygen atoms in total. The number of methoxy groups -OCH3 is 1. The van der Waals surface area contributed by atoms with Gasteiger partial charge in [-0.05, 0) is 18.2 Å². The largest absolute Gasteiger partial charge is 0.744 e. The molecule has 0 fully saturated rings. The topological polar surface area (TPSA) is 83.5 Å². The van der Waals surface area contributed by atoms with Crippen LogP contribution in [0.2, 0.25) is 0 Å². The van der Waals surface area contributed by atoms with Gasteiger partial charge in [0.25, 0.3) is 0 Å². The summed E-state index contributed by atoms with van der Waals surface area (Å²) in [6, 6.07) is 3.60. The van der Waals surface area contributed by atoms with E-state index in [1.54, 1.807) is 0 Å². The molecule has 0 atom stereocenters. The third kappa shape index (κ3) is 2.09. The average Bonchev–Trinajstić information content (AvgIpc) is 2.15. The molecule has 1 aromatic rings. The van der Waals surface area contributed by atoms with Crippen LogP contribution in [0.1, 0.15) is 10.4 Å². The van der Waals surface area contributed by atoms with E-state index in [0.717, 1.165) is 6.07 Å². The molecule has 0 unspecified atom stereocenters. The van der Waals surface area contributed by atoms with Crippen molar-refractivity contribution in [2.45, 2.75) is 4.90 Å². The maximum absolute atomic E-state index is 10.7. The molecule has 0 saturated carbocycles. The zero-order valence-electron chi connectivity index (χ0n) is 7.26. The van der Waals surface area contributed by atoms with E-state index in [4.69, 9.17) is 0 Å². The highest BCUT2D eigenvalue weighted by Gasteiger charge is 2.10. The Balaban J connectivity index is 3.44. The summed E-state index contributed by atoms with van der Waals surface area (Å²) >= 11 is 0. The molecule has 0 amide bonds. The van der Waals surface area contributed by atoms with Gasteiger partial charge in [-0.25, -0.2) is 8.42 Å². The van der Waals surface area contributed by atoms with Crippen LogP contribution >= 0.6 is 0 Å². The molecule has 0 bridgehead atoms. The fourth-order valence-corrected chi connectivity index (χ4v) is 1.64. The van der Waals surface area contributed by atoms with Crippen molar-refractivity contribution in [3.63, 3.8) is 0 Å². The molecule has 0 saturated heterocycles. The molecular formula is C8H7O5S-. The van der Waals surface area contributed by atoms with Crippen molar-refractivity contribution in [1.82, 2.24) is 0 Å². The third-order valence-corrected chi connectivity index (χ3v) is 2.45. The van der Waals surface area contributed by atoms with E-state index in [2.05, 4.69) is 4.74 Å². The van der Waals surface area contributed by atoms with Gasteiger partial charge in [0.15, 0.2) is 0 Å². The lowest BCUT2D eigenvalue weighted by Gasteiger charge is -2.11. The number of ether oxygens (including phenoxy) is 1. The smallest absolute Gasteiger partial charge is 0.150 e. The van der Waals surface area contributed by atoms with E-state index in [9.17, 15) is 17.8 Å². The van der Waals surface area contributed by atoms with Crippen molar-refractivity contribution >= 4 is 16.4 Å². The molecule has 0 spiro atoms. The Morgan fingerprint density at radius 1 is 1.43 bits per heavy atom. The van der Waals surface area contributed by atoms with Gasteiger partial charge in [0.2, 0.25) is 0 Å². The Kier molecular flexibility index (Phi) is 2.87. The maximum Gasteiger partial charge on any atom is 0.150 e. The van der Waals surface area contributed by atoms with Crippen LogP contribution in [0.5, 0.6) is 5.75 Å². The standard InChI is InChI=1S/C8H8O5S/c1-13-7-3-2-6(5-9)4-8(7)14(10,11)12/h2-5H,1H3,(H,10,11,12)/p-1. The fourth-order valence-electron chi connectivity index (χ4n) is 0.962. The van der Waals surface area contributed by atoms with Gasteiger partial charge in [-0.2, -0.15) is 0 Å². The predicted molar refractivity (Wildman–Crippen MR) is 46.3 cm³/mol. The summed E-state index contributed by atoms with van der Waals surface area (Å²) in [4.78, 5) is 9.82. The Labute approximate surface area is 81.1 Å². The second kappa shape index (κ2) is 3.77. The van der Waals surface area contributed by atoms with Gasteiger partial charge in [0.1, 0.15) is 22.2 Å². The van der Waals surface area contributed by atoms with E-state index in [1.807, 2.05) is 0 Å². The molecule has 0 N–H and O–H groups in total. The lowest BCUT2D eigenvalue weighted by Crippen LogP contribution is -2.02. The van der Waals surface area contributed by atoms with E-state index in [1.165, 1.54) is 19.2 Å². The summed E-state index contributed by atoms with van der Waals surface area (Å²) in [6.45, 7) is 0. The van der Waals surface area contributed by atoms with Gasteiger partial charge in [0.05, 0.1) is 12.0 Å².